The highest BCUT2D eigenvalue weighted by molar-refractivity contribution is 6.18. The Hall–Kier alpha value is -0.800. The Balaban J connectivity index is 2.24. The highest BCUT2D eigenvalue weighted by Crippen LogP contribution is 2.23. The molecular weight excluding hydrogens is 212 g/mol. The van der Waals surface area contributed by atoms with Gasteiger partial charge in [-0.05, 0) is 18.6 Å². The van der Waals surface area contributed by atoms with Gasteiger partial charge < -0.3 is 9.64 Å². The fourth-order valence-corrected chi connectivity index (χ4v) is 2.14. The summed E-state index contributed by atoms with van der Waals surface area (Å²) in [6, 6.07) is 2.32. The van der Waals surface area contributed by atoms with Crippen molar-refractivity contribution in [1.29, 1.82) is 0 Å². The van der Waals surface area contributed by atoms with Gasteiger partial charge in [0.2, 0.25) is 0 Å². The van der Waals surface area contributed by atoms with Crippen LogP contribution in [0.1, 0.15) is 5.56 Å². The number of rotatable bonds is 2. The smallest absolute Gasteiger partial charge is 0.0682 e. The molecular formula is C11H15ClN2O. The van der Waals surface area contributed by atoms with Crippen molar-refractivity contribution in [3.05, 3.63) is 24.0 Å². The molecule has 1 unspecified atom stereocenters. The number of hydrogen-bond acceptors (Lipinski definition) is 3. The van der Waals surface area contributed by atoms with E-state index in [1.165, 1.54) is 11.3 Å². The van der Waals surface area contributed by atoms with E-state index >= 15 is 0 Å². The molecule has 1 aromatic rings. The predicted molar refractivity (Wildman–Crippen MR) is 61.6 cm³/mol. The quantitative estimate of drug-likeness (QED) is 0.720. The normalized spacial score (nSPS) is 21.7. The fraction of sp³-hybridized carbons (Fsp3) is 0.545. The number of ether oxygens (including phenoxy) is 1. The first kappa shape index (κ1) is 10.7. The molecule has 15 heavy (non-hydrogen) atoms. The first-order valence-electron chi connectivity index (χ1n) is 5.14. The summed E-state index contributed by atoms with van der Waals surface area (Å²) in [5.41, 5.74) is 2.41. The lowest BCUT2D eigenvalue weighted by Crippen LogP contribution is -2.47. The lowest BCUT2D eigenvalue weighted by molar-refractivity contribution is 0.0997. The summed E-state index contributed by atoms with van der Waals surface area (Å²) in [6.07, 6.45) is 3.71. The fourth-order valence-electron chi connectivity index (χ4n) is 1.89. The molecule has 0 aromatic carbocycles. The summed E-state index contributed by atoms with van der Waals surface area (Å²) < 4.78 is 5.42. The summed E-state index contributed by atoms with van der Waals surface area (Å²) in [6.45, 7) is 4.46. The Labute approximate surface area is 95.0 Å². The average Bonchev–Trinajstić information content (AvgIpc) is 2.30. The van der Waals surface area contributed by atoms with E-state index < -0.39 is 0 Å². The van der Waals surface area contributed by atoms with Gasteiger partial charge in [0, 0.05) is 30.5 Å². The Morgan fingerprint density at radius 3 is 3.27 bits per heavy atom. The molecule has 1 saturated heterocycles. The molecule has 1 aliphatic rings. The van der Waals surface area contributed by atoms with Gasteiger partial charge in [0.15, 0.2) is 0 Å². The van der Waals surface area contributed by atoms with Gasteiger partial charge in [-0.1, -0.05) is 0 Å². The number of aromatic nitrogens is 1. The standard InChI is InChI=1S/C11H15ClN2O/c1-9-7-13-3-2-11(9)14-4-5-15-8-10(14)6-12/h2-3,7,10H,4-6,8H2,1H3. The zero-order valence-electron chi connectivity index (χ0n) is 8.82. The van der Waals surface area contributed by atoms with Crippen molar-refractivity contribution in [1.82, 2.24) is 4.98 Å². The van der Waals surface area contributed by atoms with E-state index in [0.29, 0.717) is 12.5 Å². The molecule has 0 saturated carbocycles. The van der Waals surface area contributed by atoms with Gasteiger partial charge in [-0.2, -0.15) is 0 Å². The third-order valence-electron chi connectivity index (χ3n) is 2.71. The lowest BCUT2D eigenvalue weighted by atomic mass is 10.1. The lowest BCUT2D eigenvalue weighted by Gasteiger charge is -2.37. The summed E-state index contributed by atoms with van der Waals surface area (Å²) in [5, 5.41) is 0. The third kappa shape index (κ3) is 2.24. The third-order valence-corrected chi connectivity index (χ3v) is 3.06. The summed E-state index contributed by atoms with van der Waals surface area (Å²) in [7, 11) is 0. The monoisotopic (exact) mass is 226 g/mol. The van der Waals surface area contributed by atoms with Crippen LogP contribution in [0.3, 0.4) is 0 Å². The van der Waals surface area contributed by atoms with Crippen LogP contribution in [0, 0.1) is 6.92 Å². The van der Waals surface area contributed by atoms with Gasteiger partial charge in [0.25, 0.3) is 0 Å². The van der Waals surface area contributed by atoms with Gasteiger partial charge in [-0.25, -0.2) is 0 Å². The van der Waals surface area contributed by atoms with Gasteiger partial charge in [-0.3, -0.25) is 4.98 Å². The minimum Gasteiger partial charge on any atom is -0.377 e. The number of hydrogen-bond donors (Lipinski definition) is 0. The number of aryl methyl sites for hydroxylation is 1. The summed E-state index contributed by atoms with van der Waals surface area (Å²) in [5.74, 6) is 0.599. The van der Waals surface area contributed by atoms with Crippen LogP contribution in [-0.4, -0.2) is 36.7 Å². The van der Waals surface area contributed by atoms with Crippen molar-refractivity contribution in [2.75, 3.05) is 30.5 Å². The zero-order valence-corrected chi connectivity index (χ0v) is 9.57. The van der Waals surface area contributed by atoms with E-state index in [9.17, 15) is 0 Å². The Kier molecular flexibility index (Phi) is 3.44. The SMILES string of the molecule is Cc1cnccc1N1CCOCC1CCl. The molecule has 4 heteroatoms. The van der Waals surface area contributed by atoms with Crippen LogP contribution in [-0.2, 0) is 4.74 Å². The van der Waals surface area contributed by atoms with E-state index in [1.54, 1.807) is 0 Å². The van der Waals surface area contributed by atoms with E-state index in [0.717, 1.165) is 13.2 Å². The number of nitrogens with zero attached hydrogens (tertiary/aromatic N) is 2. The Morgan fingerprint density at radius 2 is 2.53 bits per heavy atom. The second-order valence-electron chi connectivity index (χ2n) is 3.74. The molecule has 3 nitrogen and oxygen atoms in total. The summed E-state index contributed by atoms with van der Waals surface area (Å²) >= 11 is 5.94. The molecule has 0 bridgehead atoms. The number of halogens is 1. The first-order valence-corrected chi connectivity index (χ1v) is 5.67. The number of anilines is 1. The number of alkyl halides is 1. The molecule has 0 amide bonds. The molecule has 1 aromatic heterocycles. The van der Waals surface area contributed by atoms with Gasteiger partial charge in [-0.15, -0.1) is 11.6 Å². The topological polar surface area (TPSA) is 25.4 Å². The van der Waals surface area contributed by atoms with Crippen LogP contribution in [0.25, 0.3) is 0 Å². The maximum Gasteiger partial charge on any atom is 0.0682 e. The molecule has 0 N–H and O–H groups in total. The van der Waals surface area contributed by atoms with Crippen molar-refractivity contribution < 1.29 is 4.74 Å². The van der Waals surface area contributed by atoms with Gasteiger partial charge in [0.05, 0.1) is 19.3 Å². The highest BCUT2D eigenvalue weighted by Gasteiger charge is 2.23. The number of morpholine rings is 1. The Morgan fingerprint density at radius 1 is 1.67 bits per heavy atom. The second-order valence-corrected chi connectivity index (χ2v) is 4.05. The molecule has 2 rings (SSSR count). The zero-order chi connectivity index (χ0) is 10.7. The van der Waals surface area contributed by atoms with Crippen molar-refractivity contribution >= 4 is 17.3 Å². The minimum absolute atomic E-state index is 0.279. The average molecular weight is 227 g/mol. The van der Waals surface area contributed by atoms with Crippen molar-refractivity contribution in [3.63, 3.8) is 0 Å². The maximum absolute atomic E-state index is 5.94. The molecule has 1 aliphatic heterocycles. The molecule has 0 radical (unpaired) electrons. The van der Waals surface area contributed by atoms with Crippen LogP contribution in [0.4, 0.5) is 5.69 Å². The number of pyridine rings is 1. The molecule has 0 aliphatic carbocycles. The van der Waals surface area contributed by atoms with Gasteiger partial charge >= 0.3 is 0 Å². The maximum atomic E-state index is 5.94. The molecule has 82 valence electrons. The Bertz CT molecular complexity index is 332. The molecule has 1 fully saturated rings. The van der Waals surface area contributed by atoms with Crippen LogP contribution < -0.4 is 4.90 Å². The molecule has 0 spiro atoms. The molecule has 1 atom stereocenters. The van der Waals surface area contributed by atoms with Crippen LogP contribution >= 0.6 is 11.6 Å². The van der Waals surface area contributed by atoms with Crippen LogP contribution in [0.5, 0.6) is 0 Å². The second kappa shape index (κ2) is 4.81. The van der Waals surface area contributed by atoms with E-state index in [1.807, 2.05) is 18.5 Å². The van der Waals surface area contributed by atoms with Crippen LogP contribution in [0.2, 0.25) is 0 Å². The van der Waals surface area contributed by atoms with E-state index in [2.05, 4.69) is 16.8 Å². The van der Waals surface area contributed by atoms with E-state index in [-0.39, 0.29) is 6.04 Å². The summed E-state index contributed by atoms with van der Waals surface area (Å²) in [4.78, 5) is 6.41. The van der Waals surface area contributed by atoms with Gasteiger partial charge in [0.1, 0.15) is 0 Å². The highest BCUT2D eigenvalue weighted by atomic mass is 35.5. The van der Waals surface area contributed by atoms with Crippen molar-refractivity contribution in [2.24, 2.45) is 0 Å². The minimum atomic E-state index is 0.279. The molecule has 2 heterocycles. The first-order chi connectivity index (χ1) is 7.33. The largest absolute Gasteiger partial charge is 0.377 e. The van der Waals surface area contributed by atoms with E-state index in [4.69, 9.17) is 16.3 Å². The van der Waals surface area contributed by atoms with Crippen molar-refractivity contribution in [3.8, 4) is 0 Å². The predicted octanol–water partition coefficient (Wildman–Crippen LogP) is 1.83. The van der Waals surface area contributed by atoms with Crippen LogP contribution in [0.15, 0.2) is 18.5 Å². The van der Waals surface area contributed by atoms with Crippen molar-refractivity contribution in [2.45, 2.75) is 13.0 Å².